The fourth-order valence-corrected chi connectivity index (χ4v) is 1.38. The van der Waals surface area contributed by atoms with Gasteiger partial charge in [-0.2, -0.15) is 0 Å². The van der Waals surface area contributed by atoms with Crippen LogP contribution in [-0.4, -0.2) is 25.1 Å². The first kappa shape index (κ1) is 11.9. The highest BCUT2D eigenvalue weighted by molar-refractivity contribution is 5.36. The highest BCUT2D eigenvalue weighted by atomic mass is 19.1. The Balaban J connectivity index is 2.69. The Morgan fingerprint density at radius 3 is 2.60 bits per heavy atom. The summed E-state index contributed by atoms with van der Waals surface area (Å²) in [6.07, 6.45) is 1.22. The van der Waals surface area contributed by atoms with Gasteiger partial charge in [-0.3, -0.25) is 0 Å². The Labute approximate surface area is 90.1 Å². The van der Waals surface area contributed by atoms with Gasteiger partial charge in [-0.25, -0.2) is 9.37 Å². The number of hydrogen-bond acceptors (Lipinski definition) is 3. The van der Waals surface area contributed by atoms with Crippen LogP contribution in [0.25, 0.3) is 0 Å². The Hall–Kier alpha value is -1.16. The number of rotatable bonds is 4. The van der Waals surface area contributed by atoms with Gasteiger partial charge in [0.1, 0.15) is 11.6 Å². The summed E-state index contributed by atoms with van der Waals surface area (Å²) in [5, 5.41) is 0. The van der Waals surface area contributed by atoms with Gasteiger partial charge in [0.2, 0.25) is 0 Å². The van der Waals surface area contributed by atoms with E-state index in [-0.39, 0.29) is 11.2 Å². The van der Waals surface area contributed by atoms with Crippen molar-refractivity contribution in [1.29, 1.82) is 0 Å². The summed E-state index contributed by atoms with van der Waals surface area (Å²) in [7, 11) is 1.93. The molecule has 4 heteroatoms. The lowest BCUT2D eigenvalue weighted by atomic mass is 9.93. The molecule has 0 aliphatic carbocycles. The molecule has 0 aromatic carbocycles. The van der Waals surface area contributed by atoms with Gasteiger partial charge < -0.3 is 10.6 Å². The zero-order chi connectivity index (χ0) is 11.5. The second-order valence-electron chi connectivity index (χ2n) is 4.56. The highest BCUT2D eigenvalue weighted by Crippen LogP contribution is 2.18. The summed E-state index contributed by atoms with van der Waals surface area (Å²) in [6.45, 7) is 5.58. The Morgan fingerprint density at radius 1 is 1.47 bits per heavy atom. The summed E-state index contributed by atoms with van der Waals surface area (Å²) in [5.74, 6) is 0.447. The normalized spacial score (nSPS) is 11.5. The molecule has 84 valence electrons. The molecule has 1 aromatic heterocycles. The number of hydrogen-bond donors (Lipinski definition) is 1. The van der Waals surface area contributed by atoms with Crippen LogP contribution in [-0.2, 0) is 0 Å². The average molecular weight is 211 g/mol. The summed E-state index contributed by atoms with van der Waals surface area (Å²) < 4.78 is 12.7. The maximum Gasteiger partial charge on any atom is 0.141 e. The lowest BCUT2D eigenvalue weighted by Crippen LogP contribution is -2.37. The lowest BCUT2D eigenvalue weighted by molar-refractivity contribution is 0.384. The number of nitrogens with two attached hydrogens (primary N) is 1. The molecule has 1 rings (SSSR count). The topological polar surface area (TPSA) is 42.1 Å². The van der Waals surface area contributed by atoms with E-state index in [0.29, 0.717) is 6.54 Å². The standard InChI is InChI=1S/C11H18FN3/c1-11(2,7-13)8-15(3)10-5-4-9(12)6-14-10/h4-6H,7-8,13H2,1-3H3. The Morgan fingerprint density at radius 2 is 2.13 bits per heavy atom. The first-order valence-electron chi connectivity index (χ1n) is 4.97. The molecule has 0 aliphatic rings. The minimum Gasteiger partial charge on any atom is -0.359 e. The molecular weight excluding hydrogens is 193 g/mol. The molecule has 0 aliphatic heterocycles. The van der Waals surface area contributed by atoms with Crippen LogP contribution in [0.1, 0.15) is 13.8 Å². The predicted molar refractivity (Wildman–Crippen MR) is 60.3 cm³/mol. The molecule has 0 unspecified atom stereocenters. The molecule has 0 saturated heterocycles. The number of pyridine rings is 1. The Kier molecular flexibility index (Phi) is 3.63. The van der Waals surface area contributed by atoms with E-state index in [4.69, 9.17) is 5.73 Å². The van der Waals surface area contributed by atoms with Gasteiger partial charge in [-0.1, -0.05) is 13.8 Å². The molecule has 0 atom stereocenters. The third kappa shape index (κ3) is 3.47. The van der Waals surface area contributed by atoms with E-state index in [9.17, 15) is 4.39 Å². The van der Waals surface area contributed by atoms with E-state index < -0.39 is 0 Å². The quantitative estimate of drug-likeness (QED) is 0.823. The first-order valence-corrected chi connectivity index (χ1v) is 4.97. The van der Waals surface area contributed by atoms with Crippen molar-refractivity contribution in [3.63, 3.8) is 0 Å². The predicted octanol–water partition coefficient (Wildman–Crippen LogP) is 1.64. The van der Waals surface area contributed by atoms with E-state index in [0.717, 1.165) is 12.4 Å². The number of halogens is 1. The molecular formula is C11H18FN3. The molecule has 2 N–H and O–H groups in total. The van der Waals surface area contributed by atoms with Crippen LogP contribution in [0.15, 0.2) is 18.3 Å². The van der Waals surface area contributed by atoms with Crippen LogP contribution in [0, 0.1) is 11.2 Å². The van der Waals surface area contributed by atoms with Gasteiger partial charge in [0, 0.05) is 13.6 Å². The van der Waals surface area contributed by atoms with Gasteiger partial charge in [0.15, 0.2) is 0 Å². The van der Waals surface area contributed by atoms with Gasteiger partial charge in [-0.05, 0) is 24.1 Å². The van der Waals surface area contributed by atoms with Crippen LogP contribution < -0.4 is 10.6 Å². The van der Waals surface area contributed by atoms with Crippen LogP contribution in [0.3, 0.4) is 0 Å². The van der Waals surface area contributed by atoms with Gasteiger partial charge >= 0.3 is 0 Å². The van der Waals surface area contributed by atoms with Crippen LogP contribution in [0.5, 0.6) is 0 Å². The second-order valence-corrected chi connectivity index (χ2v) is 4.56. The maximum atomic E-state index is 12.7. The van der Waals surface area contributed by atoms with Crippen LogP contribution in [0.2, 0.25) is 0 Å². The fourth-order valence-electron chi connectivity index (χ4n) is 1.38. The summed E-state index contributed by atoms with van der Waals surface area (Å²) in [6, 6.07) is 3.08. The monoisotopic (exact) mass is 211 g/mol. The minimum atomic E-state index is -0.315. The van der Waals surface area contributed by atoms with E-state index in [1.807, 2.05) is 11.9 Å². The molecule has 0 bridgehead atoms. The lowest BCUT2D eigenvalue weighted by Gasteiger charge is -2.29. The summed E-state index contributed by atoms with van der Waals surface area (Å²) in [5.41, 5.74) is 5.68. The van der Waals surface area contributed by atoms with Crippen LogP contribution in [0.4, 0.5) is 10.2 Å². The summed E-state index contributed by atoms with van der Waals surface area (Å²) >= 11 is 0. The van der Waals surface area contributed by atoms with Crippen molar-refractivity contribution >= 4 is 5.82 Å². The van der Waals surface area contributed by atoms with Crippen molar-refractivity contribution in [2.75, 3.05) is 25.0 Å². The molecule has 1 aromatic rings. The zero-order valence-electron chi connectivity index (χ0n) is 9.50. The van der Waals surface area contributed by atoms with Crippen molar-refractivity contribution in [2.45, 2.75) is 13.8 Å². The van der Waals surface area contributed by atoms with E-state index in [2.05, 4.69) is 18.8 Å². The van der Waals surface area contributed by atoms with E-state index >= 15 is 0 Å². The molecule has 15 heavy (non-hydrogen) atoms. The molecule has 3 nitrogen and oxygen atoms in total. The SMILES string of the molecule is CN(CC(C)(C)CN)c1ccc(F)cn1. The third-order valence-electron chi connectivity index (χ3n) is 2.32. The highest BCUT2D eigenvalue weighted by Gasteiger charge is 2.18. The first-order chi connectivity index (χ1) is 6.94. The molecule has 0 saturated carbocycles. The van der Waals surface area contributed by atoms with E-state index in [1.165, 1.54) is 12.3 Å². The van der Waals surface area contributed by atoms with Crippen molar-refractivity contribution < 1.29 is 4.39 Å². The molecule has 1 heterocycles. The van der Waals surface area contributed by atoms with Crippen molar-refractivity contribution in [2.24, 2.45) is 11.1 Å². The summed E-state index contributed by atoms with van der Waals surface area (Å²) in [4.78, 5) is 5.99. The third-order valence-corrected chi connectivity index (χ3v) is 2.32. The van der Waals surface area contributed by atoms with Gasteiger partial charge in [0.25, 0.3) is 0 Å². The minimum absolute atomic E-state index is 0.0326. The largest absolute Gasteiger partial charge is 0.359 e. The molecule has 0 fully saturated rings. The van der Waals surface area contributed by atoms with Crippen molar-refractivity contribution in [3.8, 4) is 0 Å². The zero-order valence-corrected chi connectivity index (χ0v) is 9.50. The smallest absolute Gasteiger partial charge is 0.141 e. The molecule has 0 spiro atoms. The van der Waals surface area contributed by atoms with E-state index in [1.54, 1.807) is 6.07 Å². The average Bonchev–Trinajstić information content (AvgIpc) is 2.18. The van der Waals surface area contributed by atoms with Crippen molar-refractivity contribution in [1.82, 2.24) is 4.98 Å². The van der Waals surface area contributed by atoms with Crippen LogP contribution >= 0.6 is 0 Å². The van der Waals surface area contributed by atoms with Gasteiger partial charge in [0.05, 0.1) is 6.20 Å². The second kappa shape index (κ2) is 4.57. The number of aromatic nitrogens is 1. The molecule has 0 amide bonds. The fraction of sp³-hybridized carbons (Fsp3) is 0.545. The van der Waals surface area contributed by atoms with Crippen molar-refractivity contribution in [3.05, 3.63) is 24.1 Å². The van der Waals surface area contributed by atoms with Gasteiger partial charge in [-0.15, -0.1) is 0 Å². The number of anilines is 1. The maximum absolute atomic E-state index is 12.7. The molecule has 0 radical (unpaired) electrons. The number of nitrogens with zero attached hydrogens (tertiary/aromatic N) is 2. The Bertz CT molecular complexity index is 308.